The third-order valence-corrected chi connectivity index (χ3v) is 2.75. The molecule has 0 spiro atoms. The highest BCUT2D eigenvalue weighted by Gasteiger charge is 2.24. The van der Waals surface area contributed by atoms with Crippen molar-refractivity contribution in [2.75, 3.05) is 7.11 Å². The Morgan fingerprint density at radius 3 is 2.36 bits per heavy atom. The lowest BCUT2D eigenvalue weighted by Crippen LogP contribution is -2.22. The number of rotatable bonds is 1. The van der Waals surface area contributed by atoms with Crippen LogP contribution in [0.15, 0.2) is 0 Å². The summed E-state index contributed by atoms with van der Waals surface area (Å²) in [5.74, 6) is 0.0913. The maximum absolute atomic E-state index is 11.0. The first-order chi connectivity index (χ1) is 5.24. The lowest BCUT2D eigenvalue weighted by molar-refractivity contribution is -0.146. The lowest BCUT2D eigenvalue weighted by atomic mass is 9.89. The minimum atomic E-state index is -0.0507. The van der Waals surface area contributed by atoms with E-state index in [2.05, 4.69) is 17.4 Å². The van der Waals surface area contributed by atoms with Gasteiger partial charge in [0.05, 0.1) is 13.0 Å². The zero-order valence-electron chi connectivity index (χ0n) is 6.75. The molecule has 1 aliphatic rings. The molecule has 11 heavy (non-hydrogen) atoms. The van der Waals surface area contributed by atoms with Crippen molar-refractivity contribution in [1.29, 1.82) is 0 Å². The molecular weight excluding hydrogens is 160 g/mol. The van der Waals surface area contributed by atoms with Crippen molar-refractivity contribution in [3.05, 3.63) is 0 Å². The van der Waals surface area contributed by atoms with Gasteiger partial charge in [-0.05, 0) is 25.7 Å². The fraction of sp³-hybridized carbons (Fsp3) is 0.875. The first-order valence-electron chi connectivity index (χ1n) is 4.00. The van der Waals surface area contributed by atoms with Gasteiger partial charge in [0.1, 0.15) is 0 Å². The van der Waals surface area contributed by atoms with E-state index in [1.165, 1.54) is 7.11 Å². The van der Waals surface area contributed by atoms with E-state index in [0.29, 0.717) is 5.25 Å². The van der Waals surface area contributed by atoms with Crippen LogP contribution in [0, 0.1) is 5.92 Å². The molecule has 1 saturated carbocycles. The highest BCUT2D eigenvalue weighted by molar-refractivity contribution is 7.80. The van der Waals surface area contributed by atoms with Gasteiger partial charge in [-0.3, -0.25) is 4.79 Å². The van der Waals surface area contributed by atoms with Crippen LogP contribution in [0.25, 0.3) is 0 Å². The number of hydrogen-bond donors (Lipinski definition) is 1. The minimum Gasteiger partial charge on any atom is -0.469 e. The van der Waals surface area contributed by atoms with Crippen LogP contribution in [-0.4, -0.2) is 18.3 Å². The Bertz CT molecular complexity index is 139. The number of carbonyl (C=O) groups excluding carboxylic acids is 1. The molecule has 1 fully saturated rings. The Morgan fingerprint density at radius 1 is 1.36 bits per heavy atom. The van der Waals surface area contributed by atoms with Gasteiger partial charge in [0.15, 0.2) is 0 Å². The fourth-order valence-electron chi connectivity index (χ4n) is 1.48. The molecule has 0 radical (unpaired) electrons. The summed E-state index contributed by atoms with van der Waals surface area (Å²) in [6, 6.07) is 0. The SMILES string of the molecule is COC(=O)C1CCC(S)CC1. The Morgan fingerprint density at radius 2 is 1.91 bits per heavy atom. The molecule has 1 rings (SSSR count). The van der Waals surface area contributed by atoms with Crippen molar-refractivity contribution < 1.29 is 9.53 Å². The van der Waals surface area contributed by atoms with Crippen LogP contribution in [0.1, 0.15) is 25.7 Å². The monoisotopic (exact) mass is 174 g/mol. The Balaban J connectivity index is 2.33. The Labute approximate surface area is 72.7 Å². The molecule has 0 unspecified atom stereocenters. The molecule has 1 aliphatic carbocycles. The molecule has 0 aliphatic heterocycles. The van der Waals surface area contributed by atoms with E-state index in [1.54, 1.807) is 0 Å². The van der Waals surface area contributed by atoms with Crippen LogP contribution >= 0.6 is 12.6 Å². The average molecular weight is 174 g/mol. The van der Waals surface area contributed by atoms with Gasteiger partial charge in [-0.2, -0.15) is 12.6 Å². The van der Waals surface area contributed by atoms with E-state index in [0.717, 1.165) is 25.7 Å². The first kappa shape index (κ1) is 8.91. The van der Waals surface area contributed by atoms with E-state index in [4.69, 9.17) is 0 Å². The second-order valence-corrected chi connectivity index (χ2v) is 3.76. The van der Waals surface area contributed by atoms with E-state index >= 15 is 0 Å². The lowest BCUT2D eigenvalue weighted by Gasteiger charge is -2.23. The summed E-state index contributed by atoms with van der Waals surface area (Å²) in [6.45, 7) is 0. The van der Waals surface area contributed by atoms with E-state index < -0.39 is 0 Å². The van der Waals surface area contributed by atoms with E-state index in [-0.39, 0.29) is 11.9 Å². The average Bonchev–Trinajstić information content (AvgIpc) is 2.05. The predicted molar refractivity (Wildman–Crippen MR) is 46.7 cm³/mol. The van der Waals surface area contributed by atoms with Crippen LogP contribution in [0.3, 0.4) is 0 Å². The second-order valence-electron chi connectivity index (χ2n) is 3.03. The summed E-state index contributed by atoms with van der Waals surface area (Å²) in [6.07, 6.45) is 3.98. The second kappa shape index (κ2) is 4.00. The summed E-state index contributed by atoms with van der Waals surface area (Å²) in [5, 5.41) is 0.496. The van der Waals surface area contributed by atoms with Gasteiger partial charge in [-0.25, -0.2) is 0 Å². The number of carbonyl (C=O) groups is 1. The Hall–Kier alpha value is -0.180. The normalized spacial score (nSPS) is 31.5. The zero-order valence-corrected chi connectivity index (χ0v) is 7.64. The van der Waals surface area contributed by atoms with Gasteiger partial charge in [0.2, 0.25) is 0 Å². The van der Waals surface area contributed by atoms with E-state index in [1.807, 2.05) is 0 Å². The van der Waals surface area contributed by atoms with Gasteiger partial charge in [-0.1, -0.05) is 0 Å². The molecule has 0 heterocycles. The molecule has 0 N–H and O–H groups in total. The smallest absolute Gasteiger partial charge is 0.308 e. The summed E-state index contributed by atoms with van der Waals surface area (Å²) >= 11 is 4.35. The number of methoxy groups -OCH3 is 1. The van der Waals surface area contributed by atoms with Gasteiger partial charge in [0, 0.05) is 5.25 Å². The van der Waals surface area contributed by atoms with Gasteiger partial charge < -0.3 is 4.74 Å². The van der Waals surface area contributed by atoms with Crippen molar-refractivity contribution >= 4 is 18.6 Å². The summed E-state index contributed by atoms with van der Waals surface area (Å²) in [4.78, 5) is 11.0. The van der Waals surface area contributed by atoms with Crippen molar-refractivity contribution in [3.8, 4) is 0 Å². The van der Waals surface area contributed by atoms with Crippen LogP contribution in [0.5, 0.6) is 0 Å². The topological polar surface area (TPSA) is 26.3 Å². The number of thiol groups is 1. The molecule has 0 bridgehead atoms. The molecule has 2 nitrogen and oxygen atoms in total. The maximum Gasteiger partial charge on any atom is 0.308 e. The fourth-order valence-corrected chi connectivity index (χ4v) is 1.78. The van der Waals surface area contributed by atoms with Crippen molar-refractivity contribution in [1.82, 2.24) is 0 Å². The first-order valence-corrected chi connectivity index (χ1v) is 4.51. The third kappa shape index (κ3) is 2.40. The quantitative estimate of drug-likeness (QED) is 0.483. The number of hydrogen-bond acceptors (Lipinski definition) is 3. The summed E-state index contributed by atoms with van der Waals surface area (Å²) in [7, 11) is 1.45. The Kier molecular flexibility index (Phi) is 3.24. The summed E-state index contributed by atoms with van der Waals surface area (Å²) in [5.41, 5.74) is 0. The van der Waals surface area contributed by atoms with Gasteiger partial charge in [0.25, 0.3) is 0 Å². The standard InChI is InChI=1S/C8H14O2S/c1-10-8(9)6-2-4-7(11)5-3-6/h6-7,11H,2-5H2,1H3. The number of esters is 1. The molecule has 0 aromatic carbocycles. The molecule has 64 valence electrons. The highest BCUT2D eigenvalue weighted by Crippen LogP contribution is 2.27. The van der Waals surface area contributed by atoms with Crippen LogP contribution in [0.2, 0.25) is 0 Å². The molecule has 0 aromatic rings. The zero-order chi connectivity index (χ0) is 8.27. The van der Waals surface area contributed by atoms with Crippen molar-refractivity contribution in [3.63, 3.8) is 0 Å². The summed E-state index contributed by atoms with van der Waals surface area (Å²) < 4.78 is 4.66. The van der Waals surface area contributed by atoms with Crippen LogP contribution in [0.4, 0.5) is 0 Å². The van der Waals surface area contributed by atoms with Crippen molar-refractivity contribution in [2.45, 2.75) is 30.9 Å². The molecule has 0 amide bonds. The van der Waals surface area contributed by atoms with Crippen LogP contribution in [-0.2, 0) is 9.53 Å². The van der Waals surface area contributed by atoms with Gasteiger partial charge >= 0.3 is 5.97 Å². The minimum absolute atomic E-state index is 0.0507. The van der Waals surface area contributed by atoms with E-state index in [9.17, 15) is 4.79 Å². The highest BCUT2D eigenvalue weighted by atomic mass is 32.1. The largest absolute Gasteiger partial charge is 0.469 e. The molecule has 0 atom stereocenters. The molecular formula is C8H14O2S. The predicted octanol–water partition coefficient (Wildman–Crippen LogP) is 1.65. The van der Waals surface area contributed by atoms with Gasteiger partial charge in [-0.15, -0.1) is 0 Å². The maximum atomic E-state index is 11.0. The molecule has 0 aromatic heterocycles. The third-order valence-electron chi connectivity index (χ3n) is 2.23. The van der Waals surface area contributed by atoms with Crippen molar-refractivity contribution in [2.24, 2.45) is 5.92 Å². The number of ether oxygens (including phenoxy) is 1. The molecule has 3 heteroatoms. The molecule has 0 saturated heterocycles. The van der Waals surface area contributed by atoms with Crippen LogP contribution < -0.4 is 0 Å².